The van der Waals surface area contributed by atoms with Crippen LogP contribution in [-0.2, 0) is 26.2 Å². The molecule has 0 spiro atoms. The number of rotatable bonds is 14. The van der Waals surface area contributed by atoms with Gasteiger partial charge >= 0.3 is 0 Å². The van der Waals surface area contributed by atoms with Crippen molar-refractivity contribution in [1.82, 2.24) is 10.2 Å². The van der Waals surface area contributed by atoms with Crippen LogP contribution in [0.25, 0.3) is 0 Å². The lowest BCUT2D eigenvalue weighted by atomic mass is 10.1. The molecule has 0 aliphatic rings. The molecule has 0 aliphatic carbocycles. The molecule has 10 nitrogen and oxygen atoms in total. The van der Waals surface area contributed by atoms with Crippen molar-refractivity contribution in [2.75, 3.05) is 38.7 Å². The maximum atomic E-state index is 14.1. The van der Waals surface area contributed by atoms with Crippen molar-refractivity contribution < 1.29 is 32.2 Å². The lowest BCUT2D eigenvalue weighted by molar-refractivity contribution is -0.139. The number of nitrogens with zero attached hydrogens (tertiary/aromatic N) is 2. The summed E-state index contributed by atoms with van der Waals surface area (Å²) >= 11 is 0. The zero-order valence-corrected chi connectivity index (χ0v) is 25.7. The van der Waals surface area contributed by atoms with E-state index in [9.17, 15) is 18.0 Å². The van der Waals surface area contributed by atoms with Crippen molar-refractivity contribution in [2.45, 2.75) is 38.3 Å². The van der Waals surface area contributed by atoms with Gasteiger partial charge in [0.25, 0.3) is 10.0 Å². The maximum Gasteiger partial charge on any atom is 0.264 e. The van der Waals surface area contributed by atoms with Crippen LogP contribution in [0, 0.1) is 5.92 Å². The van der Waals surface area contributed by atoms with E-state index in [-0.39, 0.29) is 29.0 Å². The second kappa shape index (κ2) is 14.6. The molecule has 226 valence electrons. The Morgan fingerprint density at radius 1 is 0.833 bits per heavy atom. The van der Waals surface area contributed by atoms with E-state index >= 15 is 0 Å². The zero-order valence-electron chi connectivity index (χ0n) is 24.9. The first-order chi connectivity index (χ1) is 20.0. The molecule has 0 bridgehead atoms. The number of nitrogens with one attached hydrogen (secondary N) is 1. The van der Waals surface area contributed by atoms with E-state index in [4.69, 9.17) is 14.2 Å². The number of methoxy groups -OCH3 is 3. The van der Waals surface area contributed by atoms with Gasteiger partial charge in [0.2, 0.25) is 11.8 Å². The number of anilines is 1. The minimum atomic E-state index is -4.21. The molecule has 0 heterocycles. The normalized spacial score (nSPS) is 11.9. The number of benzene rings is 3. The highest BCUT2D eigenvalue weighted by molar-refractivity contribution is 7.92. The molecule has 3 aromatic carbocycles. The van der Waals surface area contributed by atoms with Gasteiger partial charge in [-0.3, -0.25) is 13.9 Å². The van der Waals surface area contributed by atoms with Crippen molar-refractivity contribution in [2.24, 2.45) is 5.92 Å². The largest absolute Gasteiger partial charge is 0.497 e. The molecule has 0 saturated heterocycles. The third-order valence-electron chi connectivity index (χ3n) is 6.60. The van der Waals surface area contributed by atoms with Crippen LogP contribution in [0.4, 0.5) is 5.69 Å². The molecule has 3 aromatic rings. The Hall–Kier alpha value is -4.25. The molecule has 3 rings (SSSR count). The fourth-order valence-corrected chi connectivity index (χ4v) is 5.66. The van der Waals surface area contributed by atoms with E-state index in [2.05, 4.69) is 5.32 Å². The highest BCUT2D eigenvalue weighted by Gasteiger charge is 2.33. The van der Waals surface area contributed by atoms with Gasteiger partial charge in [-0.2, -0.15) is 0 Å². The monoisotopic (exact) mass is 597 g/mol. The highest BCUT2D eigenvalue weighted by Crippen LogP contribution is 2.34. The van der Waals surface area contributed by atoms with Crippen LogP contribution in [0.2, 0.25) is 0 Å². The minimum absolute atomic E-state index is 0.00894. The summed E-state index contributed by atoms with van der Waals surface area (Å²) in [5, 5.41) is 2.87. The third-order valence-corrected chi connectivity index (χ3v) is 8.39. The molecule has 0 aliphatic heterocycles. The van der Waals surface area contributed by atoms with Crippen LogP contribution < -0.4 is 23.8 Å². The Bertz CT molecular complexity index is 1460. The van der Waals surface area contributed by atoms with Gasteiger partial charge in [0.15, 0.2) is 11.5 Å². The van der Waals surface area contributed by atoms with Crippen LogP contribution in [0.5, 0.6) is 17.2 Å². The lowest BCUT2D eigenvalue weighted by Gasteiger charge is -2.32. The predicted molar refractivity (Wildman–Crippen MR) is 161 cm³/mol. The van der Waals surface area contributed by atoms with Crippen LogP contribution in [0.1, 0.15) is 26.3 Å². The van der Waals surface area contributed by atoms with Gasteiger partial charge in [0.05, 0.1) is 31.9 Å². The summed E-state index contributed by atoms with van der Waals surface area (Å²) in [4.78, 5) is 28.6. The molecule has 0 aromatic heterocycles. The van der Waals surface area contributed by atoms with Crippen molar-refractivity contribution in [3.05, 3.63) is 78.4 Å². The van der Waals surface area contributed by atoms with Crippen molar-refractivity contribution in [3.63, 3.8) is 0 Å². The van der Waals surface area contributed by atoms with Crippen LogP contribution >= 0.6 is 0 Å². The summed E-state index contributed by atoms with van der Waals surface area (Å²) in [5.74, 6) is 0.587. The standard InChI is InChI=1S/C31H39N3O7S/c1-22(2)19-32-31(36)23(3)33(20-24-11-10-12-26(17-24)39-4)30(35)21-34(42(37,38)27-13-8-7-9-14-27)25-15-16-28(40-5)29(18-25)41-6/h7-18,22-23H,19-21H2,1-6H3,(H,32,36)/t23-/m1/s1. The molecule has 0 saturated carbocycles. The maximum absolute atomic E-state index is 14.1. The van der Waals surface area contributed by atoms with E-state index in [0.717, 1.165) is 9.87 Å². The van der Waals surface area contributed by atoms with E-state index < -0.39 is 28.5 Å². The fraction of sp³-hybridized carbons (Fsp3) is 0.355. The van der Waals surface area contributed by atoms with E-state index in [1.165, 1.54) is 37.3 Å². The topological polar surface area (TPSA) is 114 Å². The minimum Gasteiger partial charge on any atom is -0.497 e. The Morgan fingerprint density at radius 3 is 2.14 bits per heavy atom. The van der Waals surface area contributed by atoms with Gasteiger partial charge in [-0.1, -0.05) is 44.2 Å². The summed E-state index contributed by atoms with van der Waals surface area (Å²) in [5.41, 5.74) is 0.915. The molecule has 2 amide bonds. The van der Waals surface area contributed by atoms with Crippen molar-refractivity contribution >= 4 is 27.5 Å². The molecule has 0 radical (unpaired) electrons. The van der Waals surface area contributed by atoms with Crippen LogP contribution in [-0.4, -0.2) is 65.6 Å². The predicted octanol–water partition coefficient (Wildman–Crippen LogP) is 4.10. The second-order valence-electron chi connectivity index (χ2n) is 10.1. The number of carbonyl (C=O) groups is 2. The van der Waals surface area contributed by atoms with Gasteiger partial charge in [-0.25, -0.2) is 8.42 Å². The number of sulfonamides is 1. The van der Waals surface area contributed by atoms with Gasteiger partial charge in [-0.15, -0.1) is 0 Å². The number of carbonyl (C=O) groups excluding carboxylic acids is 2. The average molecular weight is 598 g/mol. The zero-order chi connectivity index (χ0) is 30.9. The molecule has 0 fully saturated rings. The summed E-state index contributed by atoms with van der Waals surface area (Å²) < 4.78 is 45.0. The Kier molecular flexibility index (Phi) is 11.2. The SMILES string of the molecule is COc1cccc(CN(C(=O)CN(c2ccc(OC)c(OC)c2)S(=O)(=O)c2ccccc2)[C@H](C)C(=O)NCC(C)C)c1. The van der Waals surface area contributed by atoms with E-state index in [1.807, 2.05) is 19.9 Å². The number of hydrogen-bond donors (Lipinski definition) is 1. The van der Waals surface area contributed by atoms with Gasteiger partial charge in [-0.05, 0) is 54.8 Å². The summed E-state index contributed by atoms with van der Waals surface area (Å²) in [6.07, 6.45) is 0. The average Bonchev–Trinajstić information content (AvgIpc) is 3.00. The Balaban J connectivity index is 2.07. The smallest absolute Gasteiger partial charge is 0.264 e. The van der Waals surface area contributed by atoms with E-state index in [0.29, 0.717) is 23.8 Å². The van der Waals surface area contributed by atoms with Crippen LogP contribution in [0.3, 0.4) is 0 Å². The fourth-order valence-electron chi connectivity index (χ4n) is 4.23. The Labute approximate surface area is 248 Å². The first kappa shape index (κ1) is 32.3. The number of amides is 2. The van der Waals surface area contributed by atoms with Crippen LogP contribution in [0.15, 0.2) is 77.7 Å². The second-order valence-corrected chi connectivity index (χ2v) is 11.9. The molecule has 1 atom stereocenters. The first-order valence-corrected chi connectivity index (χ1v) is 15.0. The summed E-state index contributed by atoms with van der Waals surface area (Å²) in [7, 11) is 0.246. The van der Waals surface area contributed by atoms with Crippen molar-refractivity contribution in [1.29, 1.82) is 0 Å². The lowest BCUT2D eigenvalue weighted by Crippen LogP contribution is -2.51. The Morgan fingerprint density at radius 2 is 1.52 bits per heavy atom. The molecular formula is C31H39N3O7S. The summed E-state index contributed by atoms with van der Waals surface area (Å²) in [6, 6.07) is 18.7. The quantitative estimate of drug-likeness (QED) is 0.298. The van der Waals surface area contributed by atoms with E-state index in [1.54, 1.807) is 62.6 Å². The highest BCUT2D eigenvalue weighted by atomic mass is 32.2. The van der Waals surface area contributed by atoms with Gasteiger partial charge in [0.1, 0.15) is 18.3 Å². The number of ether oxygens (including phenoxy) is 3. The third kappa shape index (κ3) is 7.94. The molecule has 42 heavy (non-hydrogen) atoms. The molecular weight excluding hydrogens is 558 g/mol. The molecule has 11 heteroatoms. The number of hydrogen-bond acceptors (Lipinski definition) is 7. The van der Waals surface area contributed by atoms with Gasteiger partial charge < -0.3 is 24.4 Å². The molecule has 1 N–H and O–H groups in total. The first-order valence-electron chi connectivity index (χ1n) is 13.5. The summed E-state index contributed by atoms with van der Waals surface area (Å²) in [6.45, 7) is 5.49. The molecule has 0 unspecified atom stereocenters. The van der Waals surface area contributed by atoms with Gasteiger partial charge in [0, 0.05) is 19.2 Å². The van der Waals surface area contributed by atoms with Crippen molar-refractivity contribution in [3.8, 4) is 17.2 Å².